The van der Waals surface area contributed by atoms with Crippen LogP contribution in [0.1, 0.15) is 22.8 Å². The van der Waals surface area contributed by atoms with Gasteiger partial charge < -0.3 is 14.4 Å². The van der Waals surface area contributed by atoms with E-state index in [1.165, 1.54) is 15.8 Å². The highest BCUT2D eigenvalue weighted by atomic mass is 16.2. The Hall–Kier alpha value is -2.56. The zero-order valence-electron chi connectivity index (χ0n) is 14.4. The third kappa shape index (κ3) is 3.07. The molecule has 1 aliphatic heterocycles. The van der Waals surface area contributed by atoms with Gasteiger partial charge in [0.1, 0.15) is 5.56 Å². The average Bonchev–Trinajstić information content (AvgIpc) is 2.57. The van der Waals surface area contributed by atoms with Crippen LogP contribution in [0.3, 0.4) is 0 Å². The number of nitrogens with zero attached hydrogens (tertiary/aromatic N) is 3. The first kappa shape index (κ1) is 16.3. The molecule has 5 heteroatoms. The van der Waals surface area contributed by atoms with E-state index in [9.17, 15) is 9.59 Å². The van der Waals surface area contributed by atoms with Gasteiger partial charge in [0.25, 0.3) is 11.5 Å². The van der Waals surface area contributed by atoms with Crippen LogP contribution >= 0.6 is 0 Å². The Morgan fingerprint density at radius 3 is 2.50 bits per heavy atom. The summed E-state index contributed by atoms with van der Waals surface area (Å²) in [6.45, 7) is 6.26. The van der Waals surface area contributed by atoms with E-state index in [0.717, 1.165) is 13.1 Å². The summed E-state index contributed by atoms with van der Waals surface area (Å²) in [5.41, 5.74) is 2.42. The molecule has 0 radical (unpaired) electrons. The Kier molecular flexibility index (Phi) is 4.42. The fourth-order valence-corrected chi connectivity index (χ4v) is 3.16. The van der Waals surface area contributed by atoms with Crippen molar-refractivity contribution in [2.24, 2.45) is 7.05 Å². The second-order valence-electron chi connectivity index (χ2n) is 6.47. The first-order valence-corrected chi connectivity index (χ1v) is 8.25. The average molecular weight is 325 g/mol. The number of aryl methyl sites for hydroxylation is 2. The number of carbonyl (C=O) groups excluding carboxylic acids is 1. The van der Waals surface area contributed by atoms with Crippen molar-refractivity contribution in [1.29, 1.82) is 0 Å². The highest BCUT2D eigenvalue weighted by Crippen LogP contribution is 2.20. The fraction of sp³-hybridized carbons (Fsp3) is 0.368. The second kappa shape index (κ2) is 6.51. The first-order chi connectivity index (χ1) is 11.5. The standard InChI is InChI=1S/C19H23N3O2/c1-14-6-8-16(9-7-14)21-11-12-22(15(2)13-21)19(24)17-5-4-10-20(3)18(17)23/h4-10,15H,11-13H2,1-3H3. The second-order valence-corrected chi connectivity index (χ2v) is 6.47. The quantitative estimate of drug-likeness (QED) is 0.849. The fourth-order valence-electron chi connectivity index (χ4n) is 3.16. The molecule has 2 heterocycles. The van der Waals surface area contributed by atoms with E-state index in [1.54, 1.807) is 30.3 Å². The molecule has 1 aromatic heterocycles. The molecule has 1 unspecified atom stereocenters. The molecular formula is C19H23N3O2. The number of aromatic nitrogens is 1. The van der Waals surface area contributed by atoms with Gasteiger partial charge in [-0.15, -0.1) is 0 Å². The summed E-state index contributed by atoms with van der Waals surface area (Å²) in [6.07, 6.45) is 1.66. The van der Waals surface area contributed by atoms with Gasteiger partial charge >= 0.3 is 0 Å². The molecule has 1 amide bonds. The summed E-state index contributed by atoms with van der Waals surface area (Å²) in [5, 5.41) is 0. The highest BCUT2D eigenvalue weighted by Gasteiger charge is 2.29. The number of carbonyl (C=O) groups is 1. The number of pyridine rings is 1. The van der Waals surface area contributed by atoms with Crippen molar-refractivity contribution in [2.75, 3.05) is 24.5 Å². The molecule has 3 rings (SSSR count). The molecule has 1 aliphatic rings. The molecule has 2 aromatic rings. The molecule has 24 heavy (non-hydrogen) atoms. The van der Waals surface area contributed by atoms with Gasteiger partial charge in [-0.2, -0.15) is 0 Å². The predicted molar refractivity (Wildman–Crippen MR) is 95.6 cm³/mol. The Labute approximate surface area is 142 Å². The highest BCUT2D eigenvalue weighted by molar-refractivity contribution is 5.94. The van der Waals surface area contributed by atoms with Crippen LogP contribution in [0.2, 0.25) is 0 Å². The molecule has 0 saturated carbocycles. The lowest BCUT2D eigenvalue weighted by molar-refractivity contribution is 0.0671. The zero-order chi connectivity index (χ0) is 17.3. The van der Waals surface area contributed by atoms with E-state index in [1.807, 2.05) is 6.92 Å². The number of hydrogen-bond acceptors (Lipinski definition) is 3. The number of anilines is 1. The minimum Gasteiger partial charge on any atom is -0.368 e. The van der Waals surface area contributed by atoms with Crippen LogP contribution in [0.5, 0.6) is 0 Å². The number of benzene rings is 1. The van der Waals surface area contributed by atoms with Crippen LogP contribution in [0.4, 0.5) is 5.69 Å². The minimum atomic E-state index is -0.240. The van der Waals surface area contributed by atoms with Gasteiger partial charge in [-0.05, 0) is 38.1 Å². The van der Waals surface area contributed by atoms with Crippen molar-refractivity contribution >= 4 is 11.6 Å². The molecule has 0 bridgehead atoms. The molecule has 0 aliphatic carbocycles. The lowest BCUT2D eigenvalue weighted by Gasteiger charge is -2.41. The monoisotopic (exact) mass is 325 g/mol. The summed E-state index contributed by atoms with van der Waals surface area (Å²) in [4.78, 5) is 29.0. The molecular weight excluding hydrogens is 302 g/mol. The Morgan fingerprint density at radius 1 is 1.12 bits per heavy atom. The maximum absolute atomic E-state index is 12.8. The Balaban J connectivity index is 1.76. The van der Waals surface area contributed by atoms with E-state index in [2.05, 4.69) is 36.1 Å². The van der Waals surface area contributed by atoms with Gasteiger partial charge in [0.15, 0.2) is 0 Å². The van der Waals surface area contributed by atoms with Gasteiger partial charge in [0, 0.05) is 44.6 Å². The predicted octanol–water partition coefficient (Wildman–Crippen LogP) is 2.04. The third-order valence-corrected chi connectivity index (χ3v) is 4.64. The van der Waals surface area contributed by atoms with Gasteiger partial charge in [-0.25, -0.2) is 0 Å². The molecule has 5 nitrogen and oxygen atoms in total. The topological polar surface area (TPSA) is 45.5 Å². The summed E-state index contributed by atoms with van der Waals surface area (Å²) in [6, 6.07) is 11.8. The maximum Gasteiger partial charge on any atom is 0.263 e. The lowest BCUT2D eigenvalue weighted by Crippen LogP contribution is -2.54. The van der Waals surface area contributed by atoms with E-state index in [4.69, 9.17) is 0 Å². The third-order valence-electron chi connectivity index (χ3n) is 4.64. The Morgan fingerprint density at radius 2 is 1.83 bits per heavy atom. The van der Waals surface area contributed by atoms with Crippen LogP contribution in [0.15, 0.2) is 47.4 Å². The lowest BCUT2D eigenvalue weighted by atomic mass is 10.1. The van der Waals surface area contributed by atoms with E-state index >= 15 is 0 Å². The smallest absolute Gasteiger partial charge is 0.263 e. The number of piperazine rings is 1. The SMILES string of the molecule is Cc1ccc(N2CCN(C(=O)c3cccn(C)c3=O)C(C)C2)cc1. The van der Waals surface area contributed by atoms with Gasteiger partial charge in [-0.3, -0.25) is 9.59 Å². The van der Waals surface area contributed by atoms with E-state index in [0.29, 0.717) is 6.54 Å². The molecule has 1 saturated heterocycles. The normalized spacial score (nSPS) is 17.9. The number of rotatable bonds is 2. The van der Waals surface area contributed by atoms with Gasteiger partial charge in [0.2, 0.25) is 0 Å². The maximum atomic E-state index is 12.8. The van der Waals surface area contributed by atoms with Crippen molar-refractivity contribution in [3.63, 3.8) is 0 Å². The molecule has 0 spiro atoms. The molecule has 1 fully saturated rings. The van der Waals surface area contributed by atoms with Crippen molar-refractivity contribution in [1.82, 2.24) is 9.47 Å². The van der Waals surface area contributed by atoms with Crippen molar-refractivity contribution in [2.45, 2.75) is 19.9 Å². The summed E-state index contributed by atoms with van der Waals surface area (Å²) >= 11 is 0. The molecule has 126 valence electrons. The molecule has 0 N–H and O–H groups in total. The Bertz CT molecular complexity index is 795. The largest absolute Gasteiger partial charge is 0.368 e. The number of hydrogen-bond donors (Lipinski definition) is 0. The van der Waals surface area contributed by atoms with Crippen molar-refractivity contribution in [3.8, 4) is 0 Å². The van der Waals surface area contributed by atoms with E-state index < -0.39 is 0 Å². The van der Waals surface area contributed by atoms with Crippen molar-refractivity contribution < 1.29 is 4.79 Å². The van der Waals surface area contributed by atoms with Gasteiger partial charge in [0.05, 0.1) is 0 Å². The molecule has 1 aromatic carbocycles. The van der Waals surface area contributed by atoms with Crippen LogP contribution < -0.4 is 10.5 Å². The van der Waals surface area contributed by atoms with Crippen LogP contribution in [-0.2, 0) is 7.05 Å². The van der Waals surface area contributed by atoms with Crippen LogP contribution in [0, 0.1) is 6.92 Å². The van der Waals surface area contributed by atoms with Crippen molar-refractivity contribution in [3.05, 3.63) is 64.1 Å². The summed E-state index contributed by atoms with van der Waals surface area (Å²) in [5.74, 6) is -0.174. The minimum absolute atomic E-state index is 0.0532. The van der Waals surface area contributed by atoms with Gasteiger partial charge in [-0.1, -0.05) is 17.7 Å². The summed E-state index contributed by atoms with van der Waals surface area (Å²) in [7, 11) is 1.66. The zero-order valence-corrected chi connectivity index (χ0v) is 14.4. The van der Waals surface area contributed by atoms with Crippen LogP contribution in [0.25, 0.3) is 0 Å². The molecule has 1 atom stereocenters. The van der Waals surface area contributed by atoms with Crippen LogP contribution in [-0.4, -0.2) is 41.1 Å². The summed E-state index contributed by atoms with van der Waals surface area (Å²) < 4.78 is 1.44. The number of amides is 1. The van der Waals surface area contributed by atoms with E-state index in [-0.39, 0.29) is 23.1 Å². The first-order valence-electron chi connectivity index (χ1n) is 8.25.